The van der Waals surface area contributed by atoms with Crippen molar-refractivity contribution in [1.29, 1.82) is 0 Å². The third kappa shape index (κ3) is 2.56. The second-order valence-corrected chi connectivity index (χ2v) is 5.31. The zero-order chi connectivity index (χ0) is 13.3. The van der Waals surface area contributed by atoms with E-state index in [2.05, 4.69) is 40.1 Å². The predicted molar refractivity (Wildman–Crippen MR) is 74.7 cm³/mol. The van der Waals surface area contributed by atoms with Crippen molar-refractivity contribution in [2.45, 2.75) is 26.8 Å². The number of aromatic nitrogens is 2. The Morgan fingerprint density at radius 1 is 1.39 bits per heavy atom. The lowest BCUT2D eigenvalue weighted by molar-refractivity contribution is 0.607. The number of anilines is 2. The predicted octanol–water partition coefficient (Wildman–Crippen LogP) is 4.42. The van der Waals surface area contributed by atoms with E-state index in [0.29, 0.717) is 10.5 Å². The van der Waals surface area contributed by atoms with Crippen LogP contribution in [-0.4, -0.2) is 9.55 Å². The van der Waals surface area contributed by atoms with Crippen LogP contribution in [0.4, 0.5) is 16.0 Å². The van der Waals surface area contributed by atoms with Crippen molar-refractivity contribution < 1.29 is 4.39 Å². The molecule has 1 aromatic heterocycles. The number of hydrogen-bond donors (Lipinski definition) is 1. The average molecular weight is 312 g/mol. The summed E-state index contributed by atoms with van der Waals surface area (Å²) in [6, 6.07) is 3.52. The summed E-state index contributed by atoms with van der Waals surface area (Å²) in [6.45, 7) is 6.07. The van der Waals surface area contributed by atoms with Crippen molar-refractivity contribution in [3.05, 3.63) is 40.4 Å². The molecule has 0 aliphatic rings. The van der Waals surface area contributed by atoms with Crippen molar-refractivity contribution in [2.75, 3.05) is 5.32 Å². The van der Waals surface area contributed by atoms with Crippen molar-refractivity contribution in [1.82, 2.24) is 9.55 Å². The second kappa shape index (κ2) is 5.10. The molecule has 2 aromatic rings. The lowest BCUT2D eigenvalue weighted by Crippen LogP contribution is -2.06. The number of nitrogens with zero attached hydrogens (tertiary/aromatic N) is 2. The van der Waals surface area contributed by atoms with Gasteiger partial charge in [-0.15, -0.1) is 0 Å². The standard InChI is InChI=1S/C13H15BrFN3/c1-8(2)18-5-4-16-13(18)17-12-7-11(15)10(14)6-9(12)3/h4-8H,1-3H3,(H,16,17). The maximum absolute atomic E-state index is 13.5. The molecule has 1 N–H and O–H groups in total. The lowest BCUT2D eigenvalue weighted by atomic mass is 10.2. The van der Waals surface area contributed by atoms with E-state index in [0.717, 1.165) is 17.2 Å². The summed E-state index contributed by atoms with van der Waals surface area (Å²) < 4.78 is 16.0. The Hall–Kier alpha value is -1.36. The Morgan fingerprint density at radius 2 is 2.11 bits per heavy atom. The molecule has 0 radical (unpaired) electrons. The zero-order valence-corrected chi connectivity index (χ0v) is 12.1. The van der Waals surface area contributed by atoms with Crippen LogP contribution in [0.1, 0.15) is 25.5 Å². The lowest BCUT2D eigenvalue weighted by Gasteiger charge is -2.14. The van der Waals surface area contributed by atoms with E-state index in [9.17, 15) is 4.39 Å². The Balaban J connectivity index is 2.34. The van der Waals surface area contributed by atoms with Gasteiger partial charge in [-0.3, -0.25) is 0 Å². The van der Waals surface area contributed by atoms with E-state index in [1.165, 1.54) is 6.07 Å². The fourth-order valence-electron chi connectivity index (χ4n) is 1.73. The number of imidazole rings is 1. The van der Waals surface area contributed by atoms with Gasteiger partial charge in [-0.1, -0.05) is 0 Å². The largest absolute Gasteiger partial charge is 0.325 e. The van der Waals surface area contributed by atoms with Gasteiger partial charge in [0.25, 0.3) is 0 Å². The highest BCUT2D eigenvalue weighted by atomic mass is 79.9. The maximum atomic E-state index is 13.5. The molecule has 0 aliphatic heterocycles. The highest BCUT2D eigenvalue weighted by Crippen LogP contribution is 2.26. The first kappa shape index (κ1) is 13.1. The molecule has 1 aromatic carbocycles. The molecule has 0 saturated heterocycles. The average Bonchev–Trinajstić information content (AvgIpc) is 2.74. The summed E-state index contributed by atoms with van der Waals surface area (Å²) in [7, 11) is 0. The monoisotopic (exact) mass is 311 g/mol. The van der Waals surface area contributed by atoms with Crippen LogP contribution in [0.25, 0.3) is 0 Å². The van der Waals surface area contributed by atoms with Gasteiger partial charge in [0, 0.05) is 24.1 Å². The molecule has 0 atom stereocenters. The molecule has 0 fully saturated rings. The van der Waals surface area contributed by atoms with Gasteiger partial charge in [0.15, 0.2) is 0 Å². The van der Waals surface area contributed by atoms with Crippen molar-refractivity contribution in [2.24, 2.45) is 0 Å². The Bertz CT molecular complexity index is 563. The van der Waals surface area contributed by atoms with Gasteiger partial charge >= 0.3 is 0 Å². The zero-order valence-electron chi connectivity index (χ0n) is 10.5. The summed E-state index contributed by atoms with van der Waals surface area (Å²) in [5, 5.41) is 3.16. The number of nitrogens with one attached hydrogen (secondary N) is 1. The fraction of sp³-hybridized carbons (Fsp3) is 0.308. The summed E-state index contributed by atoms with van der Waals surface area (Å²) in [5.74, 6) is 0.431. The van der Waals surface area contributed by atoms with Gasteiger partial charge in [0.1, 0.15) is 5.82 Å². The van der Waals surface area contributed by atoms with Gasteiger partial charge in [-0.25, -0.2) is 9.37 Å². The number of halogens is 2. The molecule has 0 aliphatic carbocycles. The number of benzene rings is 1. The van der Waals surface area contributed by atoms with Gasteiger partial charge < -0.3 is 9.88 Å². The van der Waals surface area contributed by atoms with Crippen molar-refractivity contribution in [3.8, 4) is 0 Å². The summed E-state index contributed by atoms with van der Waals surface area (Å²) in [6.07, 6.45) is 3.63. The summed E-state index contributed by atoms with van der Waals surface area (Å²) in [5.41, 5.74) is 1.69. The van der Waals surface area contributed by atoms with Gasteiger partial charge in [0.2, 0.25) is 5.95 Å². The van der Waals surface area contributed by atoms with Crippen LogP contribution in [0.2, 0.25) is 0 Å². The number of rotatable bonds is 3. The Kier molecular flexibility index (Phi) is 3.71. The molecule has 5 heteroatoms. The van der Waals surface area contributed by atoms with Crippen LogP contribution in [0.3, 0.4) is 0 Å². The van der Waals surface area contributed by atoms with E-state index in [1.807, 2.05) is 17.7 Å². The van der Waals surface area contributed by atoms with Gasteiger partial charge in [0.05, 0.1) is 4.47 Å². The summed E-state index contributed by atoms with van der Waals surface area (Å²) >= 11 is 3.17. The molecule has 0 bridgehead atoms. The fourth-order valence-corrected chi connectivity index (χ4v) is 2.19. The van der Waals surface area contributed by atoms with Gasteiger partial charge in [-0.05, 0) is 54.4 Å². The third-order valence-electron chi connectivity index (χ3n) is 2.74. The Labute approximate surface area is 114 Å². The molecule has 96 valence electrons. The van der Waals surface area contributed by atoms with E-state index in [1.54, 1.807) is 12.3 Å². The van der Waals surface area contributed by atoms with Crippen LogP contribution in [0, 0.1) is 12.7 Å². The van der Waals surface area contributed by atoms with Crippen LogP contribution in [0.15, 0.2) is 29.0 Å². The minimum absolute atomic E-state index is 0.286. The molecule has 0 spiro atoms. The third-order valence-corrected chi connectivity index (χ3v) is 3.35. The summed E-state index contributed by atoms with van der Waals surface area (Å²) in [4.78, 5) is 4.24. The molecule has 3 nitrogen and oxygen atoms in total. The smallest absolute Gasteiger partial charge is 0.207 e. The van der Waals surface area contributed by atoms with Crippen molar-refractivity contribution in [3.63, 3.8) is 0 Å². The van der Waals surface area contributed by atoms with E-state index < -0.39 is 0 Å². The minimum Gasteiger partial charge on any atom is -0.325 e. The van der Waals surface area contributed by atoms with Crippen LogP contribution >= 0.6 is 15.9 Å². The van der Waals surface area contributed by atoms with Gasteiger partial charge in [-0.2, -0.15) is 0 Å². The number of aryl methyl sites for hydroxylation is 1. The Morgan fingerprint density at radius 3 is 2.78 bits per heavy atom. The first-order valence-electron chi connectivity index (χ1n) is 5.74. The molecular weight excluding hydrogens is 297 g/mol. The van der Waals surface area contributed by atoms with E-state index in [4.69, 9.17) is 0 Å². The molecular formula is C13H15BrFN3. The van der Waals surface area contributed by atoms with Crippen LogP contribution in [0.5, 0.6) is 0 Å². The maximum Gasteiger partial charge on any atom is 0.207 e. The second-order valence-electron chi connectivity index (χ2n) is 4.46. The highest BCUT2D eigenvalue weighted by molar-refractivity contribution is 9.10. The van der Waals surface area contributed by atoms with Crippen molar-refractivity contribution >= 4 is 27.6 Å². The molecule has 0 amide bonds. The first-order chi connectivity index (χ1) is 8.49. The topological polar surface area (TPSA) is 29.9 Å². The van der Waals surface area contributed by atoms with E-state index in [-0.39, 0.29) is 5.82 Å². The highest BCUT2D eigenvalue weighted by Gasteiger charge is 2.09. The molecule has 0 saturated carbocycles. The minimum atomic E-state index is -0.286. The first-order valence-corrected chi connectivity index (χ1v) is 6.54. The molecule has 2 rings (SSSR count). The quantitative estimate of drug-likeness (QED) is 0.909. The molecule has 18 heavy (non-hydrogen) atoms. The molecule has 1 heterocycles. The molecule has 0 unspecified atom stereocenters. The van der Waals surface area contributed by atoms with Crippen LogP contribution < -0.4 is 5.32 Å². The SMILES string of the molecule is Cc1cc(Br)c(F)cc1Nc1nccn1C(C)C. The van der Waals surface area contributed by atoms with Crippen LogP contribution in [-0.2, 0) is 0 Å². The van der Waals surface area contributed by atoms with E-state index >= 15 is 0 Å². The normalized spacial score (nSPS) is 11.0. The number of hydrogen-bond acceptors (Lipinski definition) is 2.